The van der Waals surface area contributed by atoms with Gasteiger partial charge in [0, 0.05) is 24.0 Å². The molecule has 5 rings (SSSR count). The number of hydrogen-bond donors (Lipinski definition) is 1. The van der Waals surface area contributed by atoms with Crippen LogP contribution in [0.15, 0.2) is 28.7 Å². The number of non-ortho nitro benzene ring substituents is 1. The minimum atomic E-state index is -0.499. The molecule has 3 saturated heterocycles. The zero-order valence-electron chi connectivity index (χ0n) is 12.5. The quantitative estimate of drug-likeness (QED) is 0.692. The van der Waals surface area contributed by atoms with Crippen molar-refractivity contribution in [3.63, 3.8) is 0 Å². The van der Waals surface area contributed by atoms with Gasteiger partial charge in [0.25, 0.3) is 5.91 Å². The summed E-state index contributed by atoms with van der Waals surface area (Å²) in [5, 5.41) is 14.6. The van der Waals surface area contributed by atoms with Crippen molar-refractivity contribution in [3.8, 4) is 0 Å². The van der Waals surface area contributed by atoms with E-state index < -0.39 is 4.92 Å². The van der Waals surface area contributed by atoms with Crippen LogP contribution in [-0.4, -0.2) is 41.4 Å². The highest BCUT2D eigenvalue weighted by atomic mass is 16.6. The Kier molecular flexibility index (Phi) is 3.30. The Labute approximate surface area is 132 Å². The number of para-hydroxylation sites is 1. The summed E-state index contributed by atoms with van der Waals surface area (Å²) in [6.45, 7) is 3.08. The highest BCUT2D eigenvalue weighted by Gasteiger charge is 2.35. The van der Waals surface area contributed by atoms with E-state index in [9.17, 15) is 14.9 Å². The Bertz CT molecular complexity index is 777. The second-order valence-corrected chi connectivity index (χ2v) is 6.28. The number of amides is 1. The van der Waals surface area contributed by atoms with Gasteiger partial charge < -0.3 is 14.6 Å². The Morgan fingerprint density at radius 2 is 2.13 bits per heavy atom. The molecule has 1 atom stereocenters. The van der Waals surface area contributed by atoms with E-state index in [1.165, 1.54) is 6.07 Å². The molecule has 3 fully saturated rings. The van der Waals surface area contributed by atoms with E-state index in [1.54, 1.807) is 18.2 Å². The Hall–Kier alpha value is -2.41. The first-order chi connectivity index (χ1) is 11.1. The third-order valence-electron chi connectivity index (χ3n) is 4.92. The molecule has 7 nitrogen and oxygen atoms in total. The van der Waals surface area contributed by atoms with Crippen LogP contribution in [0.4, 0.5) is 5.69 Å². The van der Waals surface area contributed by atoms with E-state index >= 15 is 0 Å². The lowest BCUT2D eigenvalue weighted by Gasteiger charge is -2.44. The second-order valence-electron chi connectivity index (χ2n) is 6.28. The van der Waals surface area contributed by atoms with Crippen molar-refractivity contribution < 1.29 is 14.1 Å². The van der Waals surface area contributed by atoms with E-state index in [0.717, 1.165) is 32.5 Å². The van der Waals surface area contributed by atoms with E-state index in [-0.39, 0.29) is 29.0 Å². The summed E-state index contributed by atoms with van der Waals surface area (Å²) in [4.78, 5) is 25.3. The van der Waals surface area contributed by atoms with Gasteiger partial charge in [-0.1, -0.05) is 12.1 Å². The lowest BCUT2D eigenvalue weighted by Crippen LogP contribution is -2.57. The van der Waals surface area contributed by atoms with Gasteiger partial charge in [0.1, 0.15) is 0 Å². The Balaban J connectivity index is 1.58. The Morgan fingerprint density at radius 3 is 2.78 bits per heavy atom. The molecule has 2 bridgehead atoms. The van der Waals surface area contributed by atoms with Gasteiger partial charge in [-0.05, 0) is 37.9 Å². The fourth-order valence-corrected chi connectivity index (χ4v) is 3.67. The maximum atomic E-state index is 12.4. The number of carbonyl (C=O) groups excluding carboxylic acids is 1. The smallest absolute Gasteiger partial charge is 0.312 e. The number of rotatable bonds is 3. The standard InChI is InChI=1S/C16H17N3O4/c20-16(17-12-9-18-6-4-10(12)5-7-18)14-8-11-2-1-3-13(19(21)22)15(11)23-14/h1-3,8,10,12H,4-7,9H2,(H,17,20)/t12-/m0/s1. The van der Waals surface area contributed by atoms with Crippen LogP contribution in [0, 0.1) is 16.0 Å². The zero-order valence-corrected chi connectivity index (χ0v) is 12.5. The number of nitro benzene ring substituents is 1. The fourth-order valence-electron chi connectivity index (χ4n) is 3.67. The average molecular weight is 315 g/mol. The van der Waals surface area contributed by atoms with Gasteiger partial charge in [0.05, 0.1) is 4.92 Å². The number of nitro groups is 1. The third kappa shape index (κ3) is 2.46. The first-order valence-electron chi connectivity index (χ1n) is 7.82. The minimum absolute atomic E-state index is 0.121. The van der Waals surface area contributed by atoms with Crippen molar-refractivity contribution in [2.75, 3.05) is 19.6 Å². The summed E-state index contributed by atoms with van der Waals surface area (Å²) in [6.07, 6.45) is 2.22. The highest BCUT2D eigenvalue weighted by molar-refractivity contribution is 5.98. The zero-order chi connectivity index (χ0) is 16.0. The third-order valence-corrected chi connectivity index (χ3v) is 4.92. The second kappa shape index (κ2) is 5.34. The first-order valence-corrected chi connectivity index (χ1v) is 7.82. The summed E-state index contributed by atoms with van der Waals surface area (Å²) in [5.74, 6) is 0.350. The van der Waals surface area contributed by atoms with Crippen LogP contribution < -0.4 is 5.32 Å². The molecule has 4 heterocycles. The minimum Gasteiger partial charge on any atom is -0.444 e. The van der Waals surface area contributed by atoms with Crippen LogP contribution in [0.1, 0.15) is 23.4 Å². The molecule has 0 saturated carbocycles. The topological polar surface area (TPSA) is 88.6 Å². The molecule has 120 valence electrons. The number of piperidine rings is 3. The molecule has 2 aromatic rings. The maximum absolute atomic E-state index is 12.4. The van der Waals surface area contributed by atoms with E-state index in [2.05, 4.69) is 10.2 Å². The molecule has 1 N–H and O–H groups in total. The summed E-state index contributed by atoms with van der Waals surface area (Å²) in [6, 6.07) is 6.37. The van der Waals surface area contributed by atoms with Gasteiger partial charge in [-0.25, -0.2) is 0 Å². The number of carbonyl (C=O) groups is 1. The number of nitrogens with one attached hydrogen (secondary N) is 1. The number of hydrogen-bond acceptors (Lipinski definition) is 5. The van der Waals surface area contributed by atoms with Crippen LogP contribution in [0.3, 0.4) is 0 Å². The molecule has 0 unspecified atom stereocenters. The van der Waals surface area contributed by atoms with E-state index in [4.69, 9.17) is 4.42 Å². The molecule has 3 aliphatic rings. The normalized spacial score (nSPS) is 26.3. The molecular weight excluding hydrogens is 298 g/mol. The fraction of sp³-hybridized carbons (Fsp3) is 0.438. The summed E-state index contributed by atoms with van der Waals surface area (Å²) >= 11 is 0. The summed E-state index contributed by atoms with van der Waals surface area (Å²) in [5.41, 5.74) is 0.0287. The molecular formula is C16H17N3O4. The molecule has 7 heteroatoms. The molecule has 1 aromatic heterocycles. The monoisotopic (exact) mass is 315 g/mol. The lowest BCUT2D eigenvalue weighted by atomic mass is 9.84. The lowest BCUT2D eigenvalue weighted by molar-refractivity contribution is -0.383. The van der Waals surface area contributed by atoms with Crippen molar-refractivity contribution >= 4 is 22.6 Å². The largest absolute Gasteiger partial charge is 0.444 e. The number of nitrogens with zero attached hydrogens (tertiary/aromatic N) is 2. The van der Waals surface area contributed by atoms with Crippen molar-refractivity contribution in [3.05, 3.63) is 40.1 Å². The molecule has 1 aromatic carbocycles. The van der Waals surface area contributed by atoms with Crippen molar-refractivity contribution in [2.24, 2.45) is 5.92 Å². The first kappa shape index (κ1) is 14.2. The van der Waals surface area contributed by atoms with Gasteiger partial charge in [-0.15, -0.1) is 0 Å². The SMILES string of the molecule is O=C(N[C@H]1CN2CCC1CC2)c1cc2cccc([N+](=O)[O-])c2o1. The predicted molar refractivity (Wildman–Crippen MR) is 83.3 cm³/mol. The highest BCUT2D eigenvalue weighted by Crippen LogP contribution is 2.30. The van der Waals surface area contributed by atoms with Crippen LogP contribution in [0.5, 0.6) is 0 Å². The number of furan rings is 1. The van der Waals surface area contributed by atoms with Gasteiger partial charge >= 0.3 is 5.69 Å². The number of benzene rings is 1. The molecule has 0 aliphatic carbocycles. The summed E-state index contributed by atoms with van der Waals surface area (Å²) in [7, 11) is 0. The van der Waals surface area contributed by atoms with Crippen molar-refractivity contribution in [2.45, 2.75) is 18.9 Å². The van der Waals surface area contributed by atoms with Gasteiger partial charge in [-0.2, -0.15) is 0 Å². The number of fused-ring (bicyclic) bond motifs is 4. The van der Waals surface area contributed by atoms with Gasteiger partial charge in [-0.3, -0.25) is 14.9 Å². The van der Waals surface area contributed by atoms with Crippen LogP contribution >= 0.6 is 0 Å². The maximum Gasteiger partial charge on any atom is 0.312 e. The van der Waals surface area contributed by atoms with E-state index in [0.29, 0.717) is 11.3 Å². The van der Waals surface area contributed by atoms with Crippen LogP contribution in [0.2, 0.25) is 0 Å². The van der Waals surface area contributed by atoms with Gasteiger partial charge in [0.15, 0.2) is 5.76 Å². The Morgan fingerprint density at radius 1 is 1.35 bits per heavy atom. The van der Waals surface area contributed by atoms with Gasteiger partial charge in [0.2, 0.25) is 5.58 Å². The molecule has 23 heavy (non-hydrogen) atoms. The van der Waals surface area contributed by atoms with Crippen molar-refractivity contribution in [1.82, 2.24) is 10.2 Å². The average Bonchev–Trinajstić information content (AvgIpc) is 3.00. The predicted octanol–water partition coefficient (Wildman–Crippen LogP) is 2.17. The van der Waals surface area contributed by atoms with Crippen LogP contribution in [-0.2, 0) is 0 Å². The molecule has 1 amide bonds. The summed E-state index contributed by atoms with van der Waals surface area (Å²) < 4.78 is 5.48. The van der Waals surface area contributed by atoms with E-state index in [1.807, 2.05) is 0 Å². The van der Waals surface area contributed by atoms with Crippen molar-refractivity contribution in [1.29, 1.82) is 0 Å². The molecule has 3 aliphatic heterocycles. The van der Waals surface area contributed by atoms with Crippen LogP contribution in [0.25, 0.3) is 11.0 Å². The molecule has 0 radical (unpaired) electrons. The molecule has 0 spiro atoms.